The van der Waals surface area contributed by atoms with Crippen LogP contribution in [0, 0.1) is 6.92 Å². The highest BCUT2D eigenvalue weighted by Gasteiger charge is 2.22. The van der Waals surface area contributed by atoms with E-state index in [4.69, 9.17) is 4.98 Å². The van der Waals surface area contributed by atoms with Crippen LogP contribution in [0.5, 0.6) is 0 Å². The van der Waals surface area contributed by atoms with Crippen LogP contribution in [-0.4, -0.2) is 69.0 Å². The van der Waals surface area contributed by atoms with Gasteiger partial charge in [0.15, 0.2) is 5.65 Å². The Morgan fingerprint density at radius 1 is 0.815 bits per heavy atom. The maximum atomic E-state index is 4.86. The first-order chi connectivity index (χ1) is 13.3. The van der Waals surface area contributed by atoms with Crippen molar-refractivity contribution in [3.8, 4) is 0 Å². The summed E-state index contributed by atoms with van der Waals surface area (Å²) >= 11 is 0. The number of hydrogen-bond acceptors (Lipinski definition) is 8. The SMILES string of the molecule is Cc1cc(N2CCN(c3ccc4nncn4n3)CC2)nc(N2CCCC2)n1. The largest absolute Gasteiger partial charge is 0.353 e. The predicted molar refractivity (Wildman–Crippen MR) is 103 cm³/mol. The van der Waals surface area contributed by atoms with Crippen LogP contribution in [0.3, 0.4) is 0 Å². The van der Waals surface area contributed by atoms with E-state index >= 15 is 0 Å². The van der Waals surface area contributed by atoms with Gasteiger partial charge in [0.05, 0.1) is 0 Å². The normalized spacial score (nSPS) is 17.9. The summed E-state index contributed by atoms with van der Waals surface area (Å²) < 4.78 is 1.72. The first kappa shape index (κ1) is 16.2. The molecule has 2 fully saturated rings. The van der Waals surface area contributed by atoms with Gasteiger partial charge in [0.2, 0.25) is 5.95 Å². The third-order valence-corrected chi connectivity index (χ3v) is 5.29. The lowest BCUT2D eigenvalue weighted by atomic mass is 10.3. The summed E-state index contributed by atoms with van der Waals surface area (Å²) in [6, 6.07) is 6.06. The lowest BCUT2D eigenvalue weighted by Gasteiger charge is -2.36. The maximum absolute atomic E-state index is 4.86. The van der Waals surface area contributed by atoms with Crippen molar-refractivity contribution < 1.29 is 0 Å². The monoisotopic (exact) mass is 365 g/mol. The fourth-order valence-corrected chi connectivity index (χ4v) is 3.81. The molecule has 140 valence electrons. The average Bonchev–Trinajstić information content (AvgIpc) is 3.39. The standard InChI is InChI=1S/C18H23N9/c1-14-12-17(21-18(20-14)26-6-2-3-7-26)25-10-8-24(9-11-25)16-5-4-15-22-19-13-27(15)23-16/h4-5,12-13H,2-3,6-11H2,1H3. The zero-order valence-corrected chi connectivity index (χ0v) is 15.5. The van der Waals surface area contributed by atoms with Crippen molar-refractivity contribution in [2.45, 2.75) is 19.8 Å². The first-order valence-corrected chi connectivity index (χ1v) is 9.54. The Labute approximate surface area is 157 Å². The molecule has 0 atom stereocenters. The molecule has 9 nitrogen and oxygen atoms in total. The Bertz CT molecular complexity index is 939. The van der Waals surface area contributed by atoms with Crippen LogP contribution in [-0.2, 0) is 0 Å². The van der Waals surface area contributed by atoms with Gasteiger partial charge in [0.25, 0.3) is 0 Å². The van der Waals surface area contributed by atoms with Crippen molar-refractivity contribution in [1.29, 1.82) is 0 Å². The minimum absolute atomic E-state index is 0.767. The van der Waals surface area contributed by atoms with Gasteiger partial charge >= 0.3 is 0 Å². The Balaban J connectivity index is 1.31. The van der Waals surface area contributed by atoms with E-state index in [1.165, 1.54) is 12.8 Å². The zero-order chi connectivity index (χ0) is 18.2. The molecule has 2 aliphatic heterocycles. The van der Waals surface area contributed by atoms with Crippen molar-refractivity contribution in [3.63, 3.8) is 0 Å². The van der Waals surface area contributed by atoms with Crippen molar-refractivity contribution >= 4 is 23.2 Å². The fraction of sp³-hybridized carbons (Fsp3) is 0.500. The summed E-state index contributed by atoms with van der Waals surface area (Å²) in [5.41, 5.74) is 1.80. The number of hydrogen-bond donors (Lipinski definition) is 0. The molecular formula is C18H23N9. The van der Waals surface area contributed by atoms with Gasteiger partial charge in [-0.15, -0.1) is 15.3 Å². The van der Waals surface area contributed by atoms with Gasteiger partial charge in [-0.2, -0.15) is 9.50 Å². The molecule has 0 N–H and O–H groups in total. The molecule has 9 heteroatoms. The van der Waals surface area contributed by atoms with E-state index in [2.05, 4.69) is 48.0 Å². The molecule has 0 unspecified atom stereocenters. The molecule has 2 aliphatic rings. The van der Waals surface area contributed by atoms with Crippen LogP contribution >= 0.6 is 0 Å². The third kappa shape index (κ3) is 3.13. The molecule has 5 heterocycles. The summed E-state index contributed by atoms with van der Waals surface area (Å²) in [7, 11) is 0. The van der Waals surface area contributed by atoms with Gasteiger partial charge in [-0.25, -0.2) is 4.98 Å². The highest BCUT2D eigenvalue weighted by atomic mass is 15.4. The van der Waals surface area contributed by atoms with Gasteiger partial charge in [-0.1, -0.05) is 0 Å². The quantitative estimate of drug-likeness (QED) is 0.684. The highest BCUT2D eigenvalue weighted by Crippen LogP contribution is 2.22. The second-order valence-corrected chi connectivity index (χ2v) is 7.16. The molecule has 2 saturated heterocycles. The zero-order valence-electron chi connectivity index (χ0n) is 15.5. The van der Waals surface area contributed by atoms with Gasteiger partial charge in [-0.05, 0) is 31.9 Å². The topological polar surface area (TPSA) is 78.6 Å². The summed E-state index contributed by atoms with van der Waals surface area (Å²) in [4.78, 5) is 16.5. The molecular weight excluding hydrogens is 342 g/mol. The van der Waals surface area contributed by atoms with E-state index in [0.29, 0.717) is 0 Å². The molecule has 0 bridgehead atoms. The van der Waals surface area contributed by atoms with Crippen LogP contribution in [0.2, 0.25) is 0 Å². The Hall–Kier alpha value is -2.97. The van der Waals surface area contributed by atoms with E-state index in [-0.39, 0.29) is 0 Å². The second kappa shape index (κ2) is 6.64. The minimum Gasteiger partial charge on any atom is -0.353 e. The van der Waals surface area contributed by atoms with E-state index in [0.717, 1.165) is 68.2 Å². The summed E-state index contributed by atoms with van der Waals surface area (Å²) in [6.45, 7) is 7.82. The van der Waals surface area contributed by atoms with Crippen LogP contribution < -0.4 is 14.7 Å². The molecule has 0 aliphatic carbocycles. The summed E-state index contributed by atoms with van der Waals surface area (Å²) in [5, 5.41) is 12.5. The van der Waals surface area contributed by atoms with Crippen molar-refractivity contribution in [1.82, 2.24) is 29.8 Å². The Morgan fingerprint density at radius 2 is 1.56 bits per heavy atom. The van der Waals surface area contributed by atoms with Crippen LogP contribution in [0.25, 0.3) is 5.65 Å². The van der Waals surface area contributed by atoms with Crippen molar-refractivity contribution in [2.75, 3.05) is 54.0 Å². The lowest BCUT2D eigenvalue weighted by Crippen LogP contribution is -2.47. The van der Waals surface area contributed by atoms with E-state index in [9.17, 15) is 0 Å². The third-order valence-electron chi connectivity index (χ3n) is 5.29. The number of fused-ring (bicyclic) bond motifs is 1. The van der Waals surface area contributed by atoms with E-state index < -0.39 is 0 Å². The van der Waals surface area contributed by atoms with Gasteiger partial charge < -0.3 is 14.7 Å². The van der Waals surface area contributed by atoms with Crippen molar-refractivity contribution in [2.24, 2.45) is 0 Å². The van der Waals surface area contributed by atoms with Crippen LogP contribution in [0.1, 0.15) is 18.5 Å². The Kier molecular flexibility index (Phi) is 3.99. The number of aryl methyl sites for hydroxylation is 1. The van der Waals surface area contributed by atoms with Gasteiger partial charge in [0.1, 0.15) is 18.0 Å². The minimum atomic E-state index is 0.767. The molecule has 0 amide bonds. The van der Waals surface area contributed by atoms with Crippen molar-refractivity contribution in [3.05, 3.63) is 30.2 Å². The molecule has 3 aromatic heterocycles. The van der Waals surface area contributed by atoms with E-state index in [1.807, 2.05) is 12.1 Å². The van der Waals surface area contributed by atoms with Gasteiger partial charge in [0, 0.05) is 51.0 Å². The molecule has 3 aromatic rings. The fourth-order valence-electron chi connectivity index (χ4n) is 3.81. The predicted octanol–water partition coefficient (Wildman–Crippen LogP) is 1.15. The second-order valence-electron chi connectivity index (χ2n) is 7.16. The number of rotatable bonds is 3. The van der Waals surface area contributed by atoms with E-state index in [1.54, 1.807) is 10.8 Å². The molecule has 0 saturated carbocycles. The molecule has 0 aromatic carbocycles. The first-order valence-electron chi connectivity index (χ1n) is 9.54. The molecule has 0 radical (unpaired) electrons. The Morgan fingerprint density at radius 3 is 2.33 bits per heavy atom. The molecule has 0 spiro atoms. The van der Waals surface area contributed by atoms with Crippen LogP contribution in [0.4, 0.5) is 17.6 Å². The van der Waals surface area contributed by atoms with Crippen LogP contribution in [0.15, 0.2) is 24.5 Å². The maximum Gasteiger partial charge on any atom is 0.227 e. The highest BCUT2D eigenvalue weighted by molar-refractivity contribution is 5.50. The number of anilines is 3. The smallest absolute Gasteiger partial charge is 0.227 e. The summed E-state index contributed by atoms with van der Waals surface area (Å²) in [5.74, 6) is 2.87. The molecule has 5 rings (SSSR count). The summed E-state index contributed by atoms with van der Waals surface area (Å²) in [6.07, 6.45) is 4.10. The average molecular weight is 365 g/mol. The van der Waals surface area contributed by atoms with Gasteiger partial charge in [-0.3, -0.25) is 0 Å². The molecule has 27 heavy (non-hydrogen) atoms. The number of aromatic nitrogens is 6. The number of piperazine rings is 1. The number of nitrogens with zero attached hydrogens (tertiary/aromatic N) is 9. The lowest BCUT2D eigenvalue weighted by molar-refractivity contribution is 0.634.